The summed E-state index contributed by atoms with van der Waals surface area (Å²) in [6, 6.07) is 4.48. The number of benzene rings is 1. The highest BCUT2D eigenvalue weighted by atomic mass is 19.3. The third kappa shape index (κ3) is 4.08. The van der Waals surface area contributed by atoms with Gasteiger partial charge in [0.1, 0.15) is 0 Å². The minimum Gasteiger partial charge on any atom is -0.493 e. The van der Waals surface area contributed by atoms with Crippen LogP contribution in [0.3, 0.4) is 0 Å². The Morgan fingerprint density at radius 1 is 1.35 bits per heavy atom. The van der Waals surface area contributed by atoms with Crippen LogP contribution in [-0.2, 0) is 0 Å². The molecule has 0 fully saturated rings. The van der Waals surface area contributed by atoms with Crippen molar-refractivity contribution in [3.63, 3.8) is 0 Å². The lowest BCUT2D eigenvalue weighted by Crippen LogP contribution is -2.30. The van der Waals surface area contributed by atoms with Crippen molar-refractivity contribution < 1.29 is 23.0 Å². The SMILES string of the molecule is COc1cccc(C(=O)N(C)CC(C)C)c1OC(F)F. The van der Waals surface area contributed by atoms with Crippen LogP contribution in [0.2, 0.25) is 0 Å². The molecule has 20 heavy (non-hydrogen) atoms. The highest BCUT2D eigenvalue weighted by Gasteiger charge is 2.22. The molecule has 0 unspecified atom stereocenters. The van der Waals surface area contributed by atoms with Gasteiger partial charge in [-0.1, -0.05) is 19.9 Å². The summed E-state index contributed by atoms with van der Waals surface area (Å²) in [6.45, 7) is 1.43. The fourth-order valence-corrected chi connectivity index (χ4v) is 1.89. The maximum absolute atomic E-state index is 12.5. The van der Waals surface area contributed by atoms with Crippen molar-refractivity contribution in [2.24, 2.45) is 5.92 Å². The van der Waals surface area contributed by atoms with E-state index < -0.39 is 6.61 Å². The average molecular weight is 287 g/mol. The van der Waals surface area contributed by atoms with Gasteiger partial charge in [0, 0.05) is 13.6 Å². The molecule has 6 heteroatoms. The first-order chi connectivity index (χ1) is 9.36. The van der Waals surface area contributed by atoms with Crippen molar-refractivity contribution in [2.45, 2.75) is 20.5 Å². The molecular formula is C14H19F2NO3. The summed E-state index contributed by atoms with van der Waals surface area (Å²) in [5.74, 6) is -0.234. The number of carbonyl (C=O) groups excluding carboxylic acids is 1. The van der Waals surface area contributed by atoms with Gasteiger partial charge in [0.15, 0.2) is 11.5 Å². The number of halogens is 2. The summed E-state index contributed by atoms with van der Waals surface area (Å²) in [7, 11) is 2.95. The monoisotopic (exact) mass is 287 g/mol. The number of ether oxygens (including phenoxy) is 2. The Kier molecular flexibility index (Phi) is 5.73. The van der Waals surface area contributed by atoms with Crippen LogP contribution in [0.5, 0.6) is 11.5 Å². The van der Waals surface area contributed by atoms with E-state index in [2.05, 4.69) is 4.74 Å². The maximum atomic E-state index is 12.5. The van der Waals surface area contributed by atoms with E-state index in [-0.39, 0.29) is 28.9 Å². The minimum absolute atomic E-state index is 0.0628. The van der Waals surface area contributed by atoms with Gasteiger partial charge in [-0.25, -0.2) is 0 Å². The number of amides is 1. The molecule has 0 atom stereocenters. The summed E-state index contributed by atoms with van der Waals surface area (Å²) in [5, 5.41) is 0. The van der Waals surface area contributed by atoms with E-state index in [0.29, 0.717) is 6.54 Å². The molecule has 1 amide bonds. The minimum atomic E-state index is -3.02. The van der Waals surface area contributed by atoms with Crippen molar-refractivity contribution >= 4 is 5.91 Å². The second-order valence-corrected chi connectivity index (χ2v) is 4.79. The van der Waals surface area contributed by atoms with Crippen LogP contribution in [0.15, 0.2) is 18.2 Å². The van der Waals surface area contributed by atoms with E-state index in [1.807, 2.05) is 13.8 Å². The lowest BCUT2D eigenvalue weighted by Gasteiger charge is -2.21. The van der Waals surface area contributed by atoms with Gasteiger partial charge in [0.2, 0.25) is 0 Å². The second kappa shape index (κ2) is 7.07. The number of para-hydroxylation sites is 1. The molecule has 1 aromatic rings. The van der Waals surface area contributed by atoms with E-state index in [9.17, 15) is 13.6 Å². The number of nitrogens with zero attached hydrogens (tertiary/aromatic N) is 1. The Labute approximate surface area is 117 Å². The molecule has 0 aliphatic heterocycles. The molecule has 1 aromatic carbocycles. The molecule has 0 spiro atoms. The number of hydrogen-bond donors (Lipinski definition) is 0. The summed E-state index contributed by atoms with van der Waals surface area (Å²) in [6.07, 6.45) is 0. The largest absolute Gasteiger partial charge is 0.493 e. The van der Waals surface area contributed by atoms with Crippen molar-refractivity contribution in [1.29, 1.82) is 0 Å². The number of methoxy groups -OCH3 is 1. The molecule has 0 aliphatic carbocycles. The van der Waals surface area contributed by atoms with E-state index in [4.69, 9.17) is 4.74 Å². The normalized spacial score (nSPS) is 10.8. The first-order valence-electron chi connectivity index (χ1n) is 6.24. The molecule has 0 N–H and O–H groups in total. The summed E-state index contributed by atoms with van der Waals surface area (Å²) in [5.41, 5.74) is 0.0628. The van der Waals surface area contributed by atoms with Crippen molar-refractivity contribution in [3.8, 4) is 11.5 Å². The molecule has 0 bridgehead atoms. The summed E-state index contributed by atoms with van der Waals surface area (Å²) in [4.78, 5) is 13.8. The molecule has 4 nitrogen and oxygen atoms in total. The Balaban J connectivity index is 3.12. The standard InChI is InChI=1S/C14H19F2NO3/c1-9(2)8-17(3)13(18)10-6-5-7-11(19-4)12(10)20-14(15)16/h5-7,9,14H,8H2,1-4H3. The third-order valence-corrected chi connectivity index (χ3v) is 2.62. The van der Waals surface area contributed by atoms with Crippen LogP contribution in [0.4, 0.5) is 8.78 Å². The van der Waals surface area contributed by atoms with Crippen LogP contribution in [0, 0.1) is 5.92 Å². The molecule has 0 aromatic heterocycles. The van der Waals surface area contributed by atoms with E-state index in [0.717, 1.165) is 0 Å². The van der Waals surface area contributed by atoms with E-state index in [1.54, 1.807) is 13.1 Å². The van der Waals surface area contributed by atoms with Crippen LogP contribution < -0.4 is 9.47 Å². The number of rotatable bonds is 6. The van der Waals surface area contributed by atoms with Gasteiger partial charge in [-0.15, -0.1) is 0 Å². The van der Waals surface area contributed by atoms with E-state index >= 15 is 0 Å². The molecule has 112 valence electrons. The van der Waals surface area contributed by atoms with Crippen LogP contribution in [-0.4, -0.2) is 38.1 Å². The van der Waals surface area contributed by atoms with Gasteiger partial charge in [0.05, 0.1) is 12.7 Å². The summed E-state index contributed by atoms with van der Waals surface area (Å²) < 4.78 is 34.4. The Bertz CT molecular complexity index is 464. The molecule has 0 radical (unpaired) electrons. The Morgan fingerprint density at radius 2 is 2.00 bits per heavy atom. The molecule has 0 aliphatic rings. The lowest BCUT2D eigenvalue weighted by molar-refractivity contribution is -0.0516. The van der Waals surface area contributed by atoms with Gasteiger partial charge < -0.3 is 14.4 Å². The maximum Gasteiger partial charge on any atom is 0.387 e. The smallest absolute Gasteiger partial charge is 0.387 e. The fourth-order valence-electron chi connectivity index (χ4n) is 1.89. The lowest BCUT2D eigenvalue weighted by atomic mass is 10.1. The summed E-state index contributed by atoms with van der Waals surface area (Å²) >= 11 is 0. The quantitative estimate of drug-likeness (QED) is 0.807. The Morgan fingerprint density at radius 3 is 2.50 bits per heavy atom. The topological polar surface area (TPSA) is 38.8 Å². The number of carbonyl (C=O) groups is 1. The van der Waals surface area contributed by atoms with Gasteiger partial charge in [0.25, 0.3) is 5.91 Å². The first kappa shape index (κ1) is 16.2. The van der Waals surface area contributed by atoms with E-state index in [1.165, 1.54) is 24.1 Å². The van der Waals surface area contributed by atoms with Crippen LogP contribution in [0.1, 0.15) is 24.2 Å². The first-order valence-corrected chi connectivity index (χ1v) is 6.24. The highest BCUT2D eigenvalue weighted by molar-refractivity contribution is 5.97. The van der Waals surface area contributed by atoms with Crippen LogP contribution in [0.25, 0.3) is 0 Å². The van der Waals surface area contributed by atoms with Gasteiger partial charge in [-0.05, 0) is 18.1 Å². The van der Waals surface area contributed by atoms with Crippen LogP contribution >= 0.6 is 0 Å². The van der Waals surface area contributed by atoms with Gasteiger partial charge >= 0.3 is 6.61 Å². The predicted octanol–water partition coefficient (Wildman–Crippen LogP) is 3.02. The fraction of sp³-hybridized carbons (Fsp3) is 0.500. The van der Waals surface area contributed by atoms with Crippen molar-refractivity contribution in [3.05, 3.63) is 23.8 Å². The van der Waals surface area contributed by atoms with Gasteiger partial charge in [-0.2, -0.15) is 8.78 Å². The van der Waals surface area contributed by atoms with Crippen molar-refractivity contribution in [2.75, 3.05) is 20.7 Å². The molecular weight excluding hydrogens is 268 g/mol. The Hall–Kier alpha value is -1.85. The number of alkyl halides is 2. The van der Waals surface area contributed by atoms with Crippen molar-refractivity contribution in [1.82, 2.24) is 4.90 Å². The third-order valence-electron chi connectivity index (χ3n) is 2.62. The molecule has 1 rings (SSSR count). The highest BCUT2D eigenvalue weighted by Crippen LogP contribution is 2.33. The molecule has 0 saturated carbocycles. The second-order valence-electron chi connectivity index (χ2n) is 4.79. The predicted molar refractivity (Wildman–Crippen MR) is 71.4 cm³/mol. The van der Waals surface area contributed by atoms with Gasteiger partial charge in [-0.3, -0.25) is 4.79 Å². The molecule has 0 heterocycles. The number of hydrogen-bond acceptors (Lipinski definition) is 3. The zero-order chi connectivity index (χ0) is 15.3. The zero-order valence-electron chi connectivity index (χ0n) is 12.0. The zero-order valence-corrected chi connectivity index (χ0v) is 12.0. The average Bonchev–Trinajstić information content (AvgIpc) is 2.36. The molecule has 0 saturated heterocycles.